The van der Waals surface area contributed by atoms with Gasteiger partial charge in [-0.25, -0.2) is 0 Å². The fourth-order valence-electron chi connectivity index (χ4n) is 2.44. The summed E-state index contributed by atoms with van der Waals surface area (Å²) < 4.78 is 5.98. The molecular weight excluding hydrogens is 262 g/mol. The number of aliphatic hydroxyl groups is 1. The van der Waals surface area contributed by atoms with Crippen molar-refractivity contribution in [3.05, 3.63) is 65.7 Å². The number of hydrogen-bond acceptors (Lipinski definition) is 3. The molecule has 0 aliphatic heterocycles. The molecule has 2 aromatic rings. The molecular formula is C18H23NO2. The van der Waals surface area contributed by atoms with E-state index in [0.29, 0.717) is 6.61 Å². The molecule has 0 spiro atoms. The van der Waals surface area contributed by atoms with Gasteiger partial charge in [0.05, 0.1) is 6.61 Å². The van der Waals surface area contributed by atoms with Gasteiger partial charge in [0, 0.05) is 0 Å². The molecule has 1 atom stereocenters. The lowest BCUT2D eigenvalue weighted by Gasteiger charge is -2.33. The summed E-state index contributed by atoms with van der Waals surface area (Å²) in [4.78, 5) is 0. The van der Waals surface area contributed by atoms with Crippen molar-refractivity contribution in [2.24, 2.45) is 0 Å². The Bertz CT molecular complexity index is 556. The molecule has 21 heavy (non-hydrogen) atoms. The quantitative estimate of drug-likeness (QED) is 0.822. The molecule has 2 N–H and O–H groups in total. The third-order valence-electron chi connectivity index (χ3n) is 3.68. The summed E-state index contributed by atoms with van der Waals surface area (Å²) in [5.74, 6) is 0.851. The molecule has 0 amide bonds. The Morgan fingerprint density at radius 2 is 1.71 bits per heavy atom. The third kappa shape index (κ3) is 3.63. The average Bonchev–Trinajstić information content (AvgIpc) is 2.54. The van der Waals surface area contributed by atoms with Crippen LogP contribution in [0.4, 0.5) is 0 Å². The third-order valence-corrected chi connectivity index (χ3v) is 3.68. The number of nitrogens with one attached hydrogen (secondary N) is 1. The number of likely N-dealkylation sites (N-methyl/N-ethyl adjacent to an activating group) is 1. The van der Waals surface area contributed by atoms with Crippen LogP contribution in [-0.2, 0) is 5.54 Å². The summed E-state index contributed by atoms with van der Waals surface area (Å²) >= 11 is 0. The van der Waals surface area contributed by atoms with E-state index in [9.17, 15) is 5.11 Å². The standard InChI is InChI=1S/C18H23NO2/c1-3-19-18(13-20,16-10-5-4-6-11-16)14-21-17-12-8-7-9-15(17)2/h4-12,19-20H,3,13-14H2,1-2H3. The Kier molecular flexibility index (Phi) is 5.37. The number of rotatable bonds is 7. The molecule has 112 valence electrons. The predicted molar refractivity (Wildman–Crippen MR) is 85.6 cm³/mol. The Morgan fingerprint density at radius 3 is 2.33 bits per heavy atom. The maximum Gasteiger partial charge on any atom is 0.122 e. The van der Waals surface area contributed by atoms with E-state index >= 15 is 0 Å². The van der Waals surface area contributed by atoms with E-state index in [-0.39, 0.29) is 6.61 Å². The van der Waals surface area contributed by atoms with E-state index in [1.807, 2.05) is 68.4 Å². The van der Waals surface area contributed by atoms with E-state index in [2.05, 4.69) is 5.32 Å². The van der Waals surface area contributed by atoms with Gasteiger partial charge in [0.15, 0.2) is 0 Å². The number of hydrogen-bond donors (Lipinski definition) is 2. The molecule has 2 aromatic carbocycles. The van der Waals surface area contributed by atoms with Crippen LogP contribution in [0.3, 0.4) is 0 Å². The first-order chi connectivity index (χ1) is 10.2. The molecule has 0 aliphatic carbocycles. The summed E-state index contributed by atoms with van der Waals surface area (Å²) in [7, 11) is 0. The van der Waals surface area contributed by atoms with Gasteiger partial charge in [-0.2, -0.15) is 0 Å². The van der Waals surface area contributed by atoms with Crippen molar-refractivity contribution >= 4 is 0 Å². The molecule has 0 saturated carbocycles. The average molecular weight is 285 g/mol. The first-order valence-electron chi connectivity index (χ1n) is 7.31. The first-order valence-corrected chi connectivity index (χ1v) is 7.31. The normalized spacial score (nSPS) is 13.7. The molecule has 0 aliphatic rings. The second kappa shape index (κ2) is 7.25. The molecule has 3 heteroatoms. The largest absolute Gasteiger partial charge is 0.491 e. The van der Waals surface area contributed by atoms with Gasteiger partial charge in [0.2, 0.25) is 0 Å². The zero-order valence-electron chi connectivity index (χ0n) is 12.7. The van der Waals surface area contributed by atoms with Crippen LogP contribution in [0.25, 0.3) is 0 Å². The predicted octanol–water partition coefficient (Wildman–Crippen LogP) is 2.87. The van der Waals surface area contributed by atoms with Crippen LogP contribution in [-0.4, -0.2) is 24.9 Å². The Labute approximate surface area is 126 Å². The fraction of sp³-hybridized carbons (Fsp3) is 0.333. The molecule has 0 saturated heterocycles. The summed E-state index contributed by atoms with van der Waals surface area (Å²) in [6.45, 7) is 5.17. The fourth-order valence-corrected chi connectivity index (χ4v) is 2.44. The summed E-state index contributed by atoms with van der Waals surface area (Å²) in [5, 5.41) is 13.3. The molecule has 0 radical (unpaired) electrons. The van der Waals surface area contributed by atoms with Gasteiger partial charge in [-0.1, -0.05) is 55.5 Å². The number of aryl methyl sites for hydroxylation is 1. The van der Waals surface area contributed by atoms with E-state index in [1.165, 1.54) is 0 Å². The molecule has 1 unspecified atom stereocenters. The van der Waals surface area contributed by atoms with Gasteiger partial charge < -0.3 is 15.2 Å². The minimum absolute atomic E-state index is 0.0171. The molecule has 0 fully saturated rings. The zero-order chi connectivity index (χ0) is 15.1. The van der Waals surface area contributed by atoms with Crippen molar-refractivity contribution < 1.29 is 9.84 Å². The second-order valence-corrected chi connectivity index (χ2v) is 5.19. The minimum Gasteiger partial charge on any atom is -0.491 e. The maximum atomic E-state index is 9.97. The lowest BCUT2D eigenvalue weighted by atomic mass is 9.91. The van der Waals surface area contributed by atoms with Crippen LogP contribution in [0.2, 0.25) is 0 Å². The highest BCUT2D eigenvalue weighted by molar-refractivity contribution is 5.32. The summed E-state index contributed by atoms with van der Waals surface area (Å²) in [6.07, 6.45) is 0. The number of benzene rings is 2. The van der Waals surface area contributed by atoms with E-state index in [1.54, 1.807) is 0 Å². The molecule has 3 nitrogen and oxygen atoms in total. The highest BCUT2D eigenvalue weighted by Crippen LogP contribution is 2.24. The van der Waals surface area contributed by atoms with Gasteiger partial charge in [-0.3, -0.25) is 0 Å². The highest BCUT2D eigenvalue weighted by Gasteiger charge is 2.31. The number of ether oxygens (including phenoxy) is 1. The first kappa shape index (κ1) is 15.5. The molecule has 0 bridgehead atoms. The highest BCUT2D eigenvalue weighted by atomic mass is 16.5. The SMILES string of the molecule is CCNC(CO)(COc1ccccc1C)c1ccccc1. The smallest absolute Gasteiger partial charge is 0.122 e. The monoisotopic (exact) mass is 285 g/mol. The van der Waals surface area contributed by atoms with Crippen LogP contribution < -0.4 is 10.1 Å². The topological polar surface area (TPSA) is 41.5 Å². The van der Waals surface area contributed by atoms with Crippen LogP contribution in [0, 0.1) is 6.92 Å². The Balaban J connectivity index is 2.23. The molecule has 0 aromatic heterocycles. The Morgan fingerprint density at radius 1 is 1.05 bits per heavy atom. The lowest BCUT2D eigenvalue weighted by Crippen LogP contribution is -2.50. The second-order valence-electron chi connectivity index (χ2n) is 5.19. The van der Waals surface area contributed by atoms with Crippen molar-refractivity contribution in [3.8, 4) is 5.75 Å². The van der Waals surface area contributed by atoms with E-state index in [0.717, 1.165) is 23.4 Å². The zero-order valence-corrected chi connectivity index (χ0v) is 12.7. The number of aliphatic hydroxyl groups excluding tert-OH is 1. The van der Waals surface area contributed by atoms with Crippen LogP contribution >= 0.6 is 0 Å². The van der Waals surface area contributed by atoms with Crippen molar-refractivity contribution in [2.75, 3.05) is 19.8 Å². The van der Waals surface area contributed by atoms with Crippen molar-refractivity contribution in [3.63, 3.8) is 0 Å². The van der Waals surface area contributed by atoms with Gasteiger partial charge >= 0.3 is 0 Å². The summed E-state index contributed by atoms with van der Waals surface area (Å²) in [6, 6.07) is 17.9. The van der Waals surface area contributed by atoms with Crippen LogP contribution in [0.1, 0.15) is 18.1 Å². The van der Waals surface area contributed by atoms with Crippen molar-refractivity contribution in [1.29, 1.82) is 0 Å². The van der Waals surface area contributed by atoms with Crippen molar-refractivity contribution in [1.82, 2.24) is 5.32 Å². The maximum absolute atomic E-state index is 9.97. The van der Waals surface area contributed by atoms with Gasteiger partial charge in [0.1, 0.15) is 17.9 Å². The van der Waals surface area contributed by atoms with Gasteiger partial charge in [-0.05, 0) is 30.7 Å². The summed E-state index contributed by atoms with van der Waals surface area (Å²) in [5.41, 5.74) is 1.54. The van der Waals surface area contributed by atoms with E-state index < -0.39 is 5.54 Å². The van der Waals surface area contributed by atoms with Gasteiger partial charge in [0.25, 0.3) is 0 Å². The van der Waals surface area contributed by atoms with Crippen LogP contribution in [0.5, 0.6) is 5.75 Å². The van der Waals surface area contributed by atoms with Crippen LogP contribution in [0.15, 0.2) is 54.6 Å². The minimum atomic E-state index is -0.585. The van der Waals surface area contributed by atoms with Gasteiger partial charge in [-0.15, -0.1) is 0 Å². The Hall–Kier alpha value is -1.84. The molecule has 0 heterocycles. The van der Waals surface area contributed by atoms with Crippen molar-refractivity contribution in [2.45, 2.75) is 19.4 Å². The lowest BCUT2D eigenvalue weighted by molar-refractivity contribution is 0.102. The van der Waals surface area contributed by atoms with E-state index in [4.69, 9.17) is 4.74 Å². The molecule has 2 rings (SSSR count). The number of para-hydroxylation sites is 1.